The van der Waals surface area contributed by atoms with Crippen LogP contribution >= 0.6 is 0 Å². The van der Waals surface area contributed by atoms with Crippen LogP contribution in [0.4, 0.5) is 10.5 Å². The van der Waals surface area contributed by atoms with Crippen molar-refractivity contribution in [1.82, 2.24) is 5.32 Å². The molecule has 0 saturated heterocycles. The lowest BCUT2D eigenvalue weighted by Gasteiger charge is -2.07. The number of anilines is 1. The van der Waals surface area contributed by atoms with Crippen molar-refractivity contribution in [3.8, 4) is 11.8 Å². The Balaban J connectivity index is 2.81. The first-order valence-electron chi connectivity index (χ1n) is 5.92. The number of carbonyl (C=O) groups is 1. The van der Waals surface area contributed by atoms with Crippen molar-refractivity contribution < 1.29 is 9.90 Å². The molecule has 4 nitrogen and oxygen atoms in total. The van der Waals surface area contributed by atoms with Crippen LogP contribution in [0.25, 0.3) is 0 Å². The highest BCUT2D eigenvalue weighted by molar-refractivity contribution is 5.89. The van der Waals surface area contributed by atoms with Crippen LogP contribution in [-0.4, -0.2) is 24.3 Å². The van der Waals surface area contributed by atoms with E-state index >= 15 is 0 Å². The van der Waals surface area contributed by atoms with Gasteiger partial charge in [0, 0.05) is 24.2 Å². The zero-order valence-corrected chi connectivity index (χ0v) is 10.7. The van der Waals surface area contributed by atoms with Crippen LogP contribution < -0.4 is 10.6 Å². The summed E-state index contributed by atoms with van der Waals surface area (Å²) in [6, 6.07) is 5.34. The van der Waals surface area contributed by atoms with E-state index in [0.717, 1.165) is 11.1 Å². The zero-order valence-electron chi connectivity index (χ0n) is 10.7. The molecule has 0 aliphatic carbocycles. The Hall–Kier alpha value is -1.99. The summed E-state index contributed by atoms with van der Waals surface area (Å²) < 4.78 is 0. The van der Waals surface area contributed by atoms with Gasteiger partial charge in [-0.1, -0.05) is 17.9 Å². The smallest absolute Gasteiger partial charge is 0.319 e. The second-order valence-electron chi connectivity index (χ2n) is 3.79. The third-order valence-electron chi connectivity index (χ3n) is 2.29. The van der Waals surface area contributed by atoms with Crippen molar-refractivity contribution in [1.29, 1.82) is 0 Å². The number of aryl methyl sites for hydroxylation is 1. The Morgan fingerprint density at radius 3 is 2.89 bits per heavy atom. The molecular weight excluding hydrogens is 228 g/mol. The van der Waals surface area contributed by atoms with Crippen LogP contribution in [0.2, 0.25) is 0 Å². The fraction of sp³-hybridized carbons (Fsp3) is 0.357. The van der Waals surface area contributed by atoms with Crippen molar-refractivity contribution in [2.24, 2.45) is 0 Å². The van der Waals surface area contributed by atoms with E-state index in [1.807, 2.05) is 32.0 Å². The maximum Gasteiger partial charge on any atom is 0.319 e. The summed E-state index contributed by atoms with van der Waals surface area (Å²) in [5.74, 6) is 5.85. The molecule has 0 unspecified atom stereocenters. The summed E-state index contributed by atoms with van der Waals surface area (Å²) in [4.78, 5) is 11.4. The van der Waals surface area contributed by atoms with Gasteiger partial charge in [0.15, 0.2) is 0 Å². The van der Waals surface area contributed by atoms with E-state index < -0.39 is 0 Å². The molecule has 96 valence electrons. The topological polar surface area (TPSA) is 61.4 Å². The number of hydrogen-bond donors (Lipinski definition) is 3. The Bertz CT molecular complexity index is 472. The molecule has 2 amide bonds. The van der Waals surface area contributed by atoms with Gasteiger partial charge in [-0.05, 0) is 31.5 Å². The van der Waals surface area contributed by atoms with Gasteiger partial charge in [-0.15, -0.1) is 0 Å². The molecule has 0 spiro atoms. The number of rotatable bonds is 3. The lowest BCUT2D eigenvalue weighted by molar-refractivity contribution is 0.252. The van der Waals surface area contributed by atoms with Gasteiger partial charge < -0.3 is 15.7 Å². The maximum absolute atomic E-state index is 11.4. The normalized spacial score (nSPS) is 9.28. The van der Waals surface area contributed by atoms with E-state index in [9.17, 15) is 4.79 Å². The van der Waals surface area contributed by atoms with E-state index in [0.29, 0.717) is 18.7 Å². The summed E-state index contributed by atoms with van der Waals surface area (Å²) in [6.07, 6.45) is 0.452. The van der Waals surface area contributed by atoms with Crippen molar-refractivity contribution in [3.63, 3.8) is 0 Å². The Morgan fingerprint density at radius 1 is 1.44 bits per heavy atom. The van der Waals surface area contributed by atoms with Gasteiger partial charge in [0.05, 0.1) is 6.61 Å². The Labute approximate surface area is 107 Å². The van der Waals surface area contributed by atoms with Gasteiger partial charge in [-0.2, -0.15) is 0 Å². The average molecular weight is 246 g/mol. The predicted octanol–water partition coefficient (Wildman–Crippen LogP) is 1.87. The molecule has 18 heavy (non-hydrogen) atoms. The van der Waals surface area contributed by atoms with Gasteiger partial charge in [0.1, 0.15) is 0 Å². The third-order valence-corrected chi connectivity index (χ3v) is 2.29. The minimum absolute atomic E-state index is 0.0584. The number of nitrogens with one attached hydrogen (secondary N) is 2. The van der Waals surface area contributed by atoms with E-state index in [4.69, 9.17) is 5.11 Å². The molecule has 0 aromatic heterocycles. The van der Waals surface area contributed by atoms with Crippen molar-refractivity contribution >= 4 is 11.7 Å². The van der Waals surface area contributed by atoms with Crippen LogP contribution in [0.3, 0.4) is 0 Å². The molecule has 3 N–H and O–H groups in total. The molecule has 1 rings (SSSR count). The van der Waals surface area contributed by atoms with Gasteiger partial charge in [0.2, 0.25) is 0 Å². The SMILES string of the molecule is CCNC(=O)Nc1ccc(C)c(C#CCCO)c1. The van der Waals surface area contributed by atoms with Crippen molar-refractivity contribution in [2.45, 2.75) is 20.3 Å². The number of hydrogen-bond acceptors (Lipinski definition) is 2. The fourth-order valence-electron chi connectivity index (χ4n) is 1.38. The molecule has 0 radical (unpaired) electrons. The fourth-order valence-corrected chi connectivity index (χ4v) is 1.38. The highest BCUT2D eigenvalue weighted by Gasteiger charge is 2.01. The maximum atomic E-state index is 11.4. The molecule has 0 bridgehead atoms. The molecular formula is C14H18N2O2. The number of urea groups is 1. The van der Waals surface area contributed by atoms with E-state index in [-0.39, 0.29) is 12.6 Å². The predicted molar refractivity (Wildman–Crippen MR) is 72.5 cm³/mol. The number of benzene rings is 1. The first-order chi connectivity index (χ1) is 8.67. The molecule has 1 aromatic rings. The van der Waals surface area contributed by atoms with Crippen LogP contribution in [-0.2, 0) is 0 Å². The van der Waals surface area contributed by atoms with Crippen LogP contribution in [0, 0.1) is 18.8 Å². The van der Waals surface area contributed by atoms with Gasteiger partial charge in [-0.25, -0.2) is 4.79 Å². The van der Waals surface area contributed by atoms with Gasteiger partial charge in [0.25, 0.3) is 0 Å². The van der Waals surface area contributed by atoms with E-state index in [1.54, 1.807) is 0 Å². The minimum Gasteiger partial charge on any atom is -0.395 e. The number of carbonyl (C=O) groups excluding carboxylic acids is 1. The summed E-state index contributed by atoms with van der Waals surface area (Å²) in [7, 11) is 0. The monoisotopic (exact) mass is 246 g/mol. The first kappa shape index (κ1) is 14.1. The van der Waals surface area contributed by atoms with Crippen molar-refractivity contribution in [3.05, 3.63) is 29.3 Å². The van der Waals surface area contributed by atoms with E-state index in [2.05, 4.69) is 22.5 Å². The largest absolute Gasteiger partial charge is 0.395 e. The minimum atomic E-state index is -0.226. The summed E-state index contributed by atoms with van der Waals surface area (Å²) in [6.45, 7) is 4.46. The highest BCUT2D eigenvalue weighted by atomic mass is 16.2. The quantitative estimate of drug-likeness (QED) is 0.713. The van der Waals surface area contributed by atoms with E-state index in [1.165, 1.54) is 0 Å². The number of amides is 2. The standard InChI is InChI=1S/C14H18N2O2/c1-3-15-14(18)16-13-8-7-11(2)12(10-13)6-4-5-9-17/h7-8,10,17H,3,5,9H2,1-2H3,(H2,15,16,18). The third kappa shape index (κ3) is 4.48. The zero-order chi connectivity index (χ0) is 13.4. The van der Waals surface area contributed by atoms with Gasteiger partial charge >= 0.3 is 6.03 Å². The average Bonchev–Trinajstić information content (AvgIpc) is 2.34. The Kier molecular flexibility index (Phi) is 5.75. The molecule has 0 atom stereocenters. The summed E-state index contributed by atoms with van der Waals surface area (Å²) in [5.41, 5.74) is 2.61. The van der Waals surface area contributed by atoms with Gasteiger partial charge in [-0.3, -0.25) is 0 Å². The van der Waals surface area contributed by atoms with Crippen LogP contribution in [0.15, 0.2) is 18.2 Å². The second kappa shape index (κ2) is 7.36. The summed E-state index contributed by atoms with van der Waals surface area (Å²) in [5, 5.41) is 14.1. The molecule has 0 aliphatic rings. The van der Waals surface area contributed by atoms with Crippen molar-refractivity contribution in [2.75, 3.05) is 18.5 Å². The molecule has 4 heteroatoms. The number of aliphatic hydroxyl groups excluding tert-OH is 1. The molecule has 0 saturated carbocycles. The molecule has 0 aliphatic heterocycles. The molecule has 0 heterocycles. The summed E-state index contributed by atoms with van der Waals surface area (Å²) >= 11 is 0. The number of aliphatic hydroxyl groups is 1. The van der Waals surface area contributed by atoms with Crippen LogP contribution in [0.5, 0.6) is 0 Å². The Morgan fingerprint density at radius 2 is 2.22 bits per heavy atom. The second-order valence-corrected chi connectivity index (χ2v) is 3.79. The molecule has 1 aromatic carbocycles. The van der Waals surface area contributed by atoms with Crippen LogP contribution in [0.1, 0.15) is 24.5 Å². The first-order valence-corrected chi connectivity index (χ1v) is 5.92. The molecule has 0 fully saturated rings. The highest BCUT2D eigenvalue weighted by Crippen LogP contribution is 2.14. The lowest BCUT2D eigenvalue weighted by Crippen LogP contribution is -2.28. The lowest BCUT2D eigenvalue weighted by atomic mass is 10.1.